The summed E-state index contributed by atoms with van der Waals surface area (Å²) in [7, 11) is 0. The number of aromatic nitrogens is 2. The van der Waals surface area contributed by atoms with Gasteiger partial charge >= 0.3 is 0 Å². The van der Waals surface area contributed by atoms with E-state index in [2.05, 4.69) is 59.1 Å². The maximum Gasteiger partial charge on any atom is 0.148 e. The van der Waals surface area contributed by atoms with Gasteiger partial charge in [-0.15, -0.1) is 0 Å². The van der Waals surface area contributed by atoms with Crippen molar-refractivity contribution < 1.29 is 4.74 Å². The highest BCUT2D eigenvalue weighted by Crippen LogP contribution is 2.22. The van der Waals surface area contributed by atoms with E-state index in [4.69, 9.17) is 9.72 Å². The minimum Gasteiger partial charge on any atom is -0.486 e. The predicted octanol–water partition coefficient (Wildman–Crippen LogP) is 5.65. The summed E-state index contributed by atoms with van der Waals surface area (Å²) in [4.78, 5) is 4.70. The quantitative estimate of drug-likeness (QED) is 0.549. The van der Waals surface area contributed by atoms with Gasteiger partial charge < -0.3 is 9.30 Å². The molecule has 0 atom stereocenters. The van der Waals surface area contributed by atoms with E-state index in [-0.39, 0.29) is 0 Å². The van der Waals surface area contributed by atoms with Gasteiger partial charge in [-0.2, -0.15) is 0 Å². The van der Waals surface area contributed by atoms with E-state index in [1.165, 1.54) is 5.56 Å². The number of fused-ring (bicyclic) bond motifs is 1. The highest BCUT2D eigenvalue weighted by molar-refractivity contribution is 9.11. The number of halogens is 1. The third-order valence-electron chi connectivity index (χ3n) is 3.98. The Hall–Kier alpha value is -2.07. The van der Waals surface area contributed by atoms with Crippen LogP contribution in [-0.4, -0.2) is 9.55 Å². The van der Waals surface area contributed by atoms with Gasteiger partial charge in [-0.25, -0.2) is 4.98 Å². The van der Waals surface area contributed by atoms with Gasteiger partial charge in [0, 0.05) is 4.48 Å². The molecule has 0 amide bonds. The zero-order valence-corrected chi connectivity index (χ0v) is 15.6. The molecule has 1 heterocycles. The van der Waals surface area contributed by atoms with Crippen LogP contribution < -0.4 is 4.74 Å². The molecule has 0 aliphatic heterocycles. The molecule has 3 rings (SSSR count). The first-order chi connectivity index (χ1) is 11.5. The second-order valence-electron chi connectivity index (χ2n) is 6.13. The van der Waals surface area contributed by atoms with Crippen LogP contribution in [0.5, 0.6) is 5.75 Å². The lowest BCUT2D eigenvalue weighted by atomic mass is 10.0. The number of rotatable bonds is 6. The zero-order chi connectivity index (χ0) is 17.1. The second kappa shape index (κ2) is 7.22. The lowest BCUT2D eigenvalue weighted by Gasteiger charge is -2.11. The number of benzene rings is 2. The van der Waals surface area contributed by atoms with Crippen molar-refractivity contribution in [3.63, 3.8) is 0 Å². The predicted molar refractivity (Wildman–Crippen MR) is 103 cm³/mol. The van der Waals surface area contributed by atoms with Crippen molar-refractivity contribution in [1.29, 1.82) is 0 Å². The Morgan fingerprint density at radius 2 is 1.88 bits per heavy atom. The maximum atomic E-state index is 5.95. The molecule has 0 unspecified atom stereocenters. The Morgan fingerprint density at radius 3 is 2.54 bits per heavy atom. The Labute approximate surface area is 151 Å². The van der Waals surface area contributed by atoms with E-state index in [9.17, 15) is 0 Å². The van der Waals surface area contributed by atoms with Crippen LogP contribution in [0.3, 0.4) is 0 Å². The summed E-state index contributed by atoms with van der Waals surface area (Å²) in [6.07, 6.45) is 0. The number of allylic oxidation sites excluding steroid dienone is 1. The van der Waals surface area contributed by atoms with E-state index in [1.54, 1.807) is 0 Å². The van der Waals surface area contributed by atoms with E-state index < -0.39 is 0 Å². The number of hydrogen-bond acceptors (Lipinski definition) is 2. The second-order valence-corrected chi connectivity index (χ2v) is 7.25. The van der Waals surface area contributed by atoms with Gasteiger partial charge in [0.2, 0.25) is 0 Å². The Balaban J connectivity index is 1.82. The molecule has 0 N–H and O–H groups in total. The maximum absolute atomic E-state index is 5.95. The third-order valence-corrected chi connectivity index (χ3v) is 4.23. The Morgan fingerprint density at radius 1 is 1.17 bits per heavy atom. The summed E-state index contributed by atoms with van der Waals surface area (Å²) >= 11 is 3.45. The molecule has 0 aliphatic carbocycles. The molecule has 2 aromatic carbocycles. The Kier molecular flexibility index (Phi) is 5.05. The molecule has 0 bridgehead atoms. The molecule has 4 heteroatoms. The van der Waals surface area contributed by atoms with Crippen molar-refractivity contribution in [3.8, 4) is 5.75 Å². The fourth-order valence-electron chi connectivity index (χ4n) is 2.68. The topological polar surface area (TPSA) is 27.1 Å². The lowest BCUT2D eigenvalue weighted by molar-refractivity contribution is 0.291. The summed E-state index contributed by atoms with van der Waals surface area (Å²) in [6, 6.07) is 16.4. The van der Waals surface area contributed by atoms with Crippen LogP contribution in [0, 0.1) is 0 Å². The molecule has 3 aromatic rings. The van der Waals surface area contributed by atoms with Gasteiger partial charge in [-0.1, -0.05) is 60.6 Å². The molecule has 124 valence electrons. The third kappa shape index (κ3) is 3.70. The minimum absolute atomic E-state index is 0.427. The first-order valence-electron chi connectivity index (χ1n) is 8.05. The number of para-hydroxylation sites is 2. The van der Waals surface area contributed by atoms with E-state index >= 15 is 0 Å². The van der Waals surface area contributed by atoms with Crippen molar-refractivity contribution in [2.24, 2.45) is 0 Å². The standard InChI is InChI=1S/C20H21BrN2O/c1-14(2)16-8-10-17(11-9-16)24-13-20-22-18-6-4-5-7-19(18)23(20)12-15(3)21/h4-11,14H,3,12-13H2,1-2H3. The number of ether oxygens (including phenoxy) is 1. The fraction of sp³-hybridized carbons (Fsp3) is 0.250. The van der Waals surface area contributed by atoms with Crippen molar-refractivity contribution in [2.75, 3.05) is 0 Å². The molecule has 1 aromatic heterocycles. The largest absolute Gasteiger partial charge is 0.486 e. The van der Waals surface area contributed by atoms with Gasteiger partial charge in [0.05, 0.1) is 17.6 Å². The fourth-order valence-corrected chi connectivity index (χ4v) is 2.93. The van der Waals surface area contributed by atoms with Crippen molar-refractivity contribution >= 4 is 27.0 Å². The average Bonchev–Trinajstić information content (AvgIpc) is 2.90. The van der Waals surface area contributed by atoms with Crippen molar-refractivity contribution in [1.82, 2.24) is 9.55 Å². The summed E-state index contributed by atoms with van der Waals surface area (Å²) in [5.74, 6) is 2.27. The van der Waals surface area contributed by atoms with Crippen LogP contribution in [0.25, 0.3) is 11.0 Å². The number of nitrogens with zero attached hydrogens (tertiary/aromatic N) is 2. The average molecular weight is 385 g/mol. The Bertz CT molecular complexity index is 850. The number of imidazole rings is 1. The van der Waals surface area contributed by atoms with Gasteiger partial charge in [0.25, 0.3) is 0 Å². The van der Waals surface area contributed by atoms with Crippen LogP contribution in [-0.2, 0) is 13.2 Å². The molecule has 0 saturated heterocycles. The lowest BCUT2D eigenvalue weighted by Crippen LogP contribution is -2.07. The van der Waals surface area contributed by atoms with Gasteiger partial charge in [-0.3, -0.25) is 0 Å². The SMILES string of the molecule is C=C(Br)Cn1c(COc2ccc(C(C)C)cc2)nc2ccccc21. The number of hydrogen-bond donors (Lipinski definition) is 0. The normalized spacial score (nSPS) is 11.2. The van der Waals surface area contributed by atoms with Crippen LogP contribution >= 0.6 is 15.9 Å². The van der Waals surface area contributed by atoms with Crippen LogP contribution in [0.1, 0.15) is 31.2 Å². The van der Waals surface area contributed by atoms with Crippen molar-refractivity contribution in [2.45, 2.75) is 32.9 Å². The molecule has 0 saturated carbocycles. The van der Waals surface area contributed by atoms with E-state index in [0.717, 1.165) is 27.1 Å². The zero-order valence-electron chi connectivity index (χ0n) is 14.0. The molecule has 0 aliphatic rings. The summed E-state index contributed by atoms with van der Waals surface area (Å²) in [5.41, 5.74) is 3.37. The van der Waals surface area contributed by atoms with Gasteiger partial charge in [0.1, 0.15) is 18.2 Å². The highest BCUT2D eigenvalue weighted by atomic mass is 79.9. The first-order valence-corrected chi connectivity index (χ1v) is 8.84. The molecule has 0 spiro atoms. The minimum atomic E-state index is 0.427. The van der Waals surface area contributed by atoms with E-state index in [1.807, 2.05) is 30.3 Å². The molecule has 0 fully saturated rings. The van der Waals surface area contributed by atoms with Crippen LogP contribution in [0.15, 0.2) is 59.6 Å². The van der Waals surface area contributed by atoms with Gasteiger partial charge in [0.15, 0.2) is 0 Å². The summed E-state index contributed by atoms with van der Waals surface area (Å²) < 4.78 is 8.99. The molecule has 3 nitrogen and oxygen atoms in total. The first kappa shape index (κ1) is 16.8. The van der Waals surface area contributed by atoms with Crippen LogP contribution in [0.2, 0.25) is 0 Å². The monoisotopic (exact) mass is 384 g/mol. The molecular weight excluding hydrogens is 364 g/mol. The van der Waals surface area contributed by atoms with Crippen molar-refractivity contribution in [3.05, 3.63) is 71.0 Å². The smallest absolute Gasteiger partial charge is 0.148 e. The van der Waals surface area contributed by atoms with Crippen LogP contribution in [0.4, 0.5) is 0 Å². The summed E-state index contributed by atoms with van der Waals surface area (Å²) in [5, 5.41) is 0. The molecule has 0 radical (unpaired) electrons. The molecular formula is C20H21BrN2O. The molecule has 24 heavy (non-hydrogen) atoms. The van der Waals surface area contributed by atoms with E-state index in [0.29, 0.717) is 19.1 Å². The highest BCUT2D eigenvalue weighted by Gasteiger charge is 2.11. The van der Waals surface area contributed by atoms with Gasteiger partial charge in [-0.05, 0) is 35.7 Å². The summed E-state index contributed by atoms with van der Waals surface area (Å²) in [6.45, 7) is 9.42.